The van der Waals surface area contributed by atoms with E-state index >= 15 is 0 Å². The number of rotatable bonds is 5. The maximum atomic E-state index is 11.5. The molecule has 106 valence electrons. The Kier molecular flexibility index (Phi) is 4.98. The Labute approximate surface area is 127 Å². The molecule has 2 rings (SSSR count). The van der Waals surface area contributed by atoms with Crippen molar-refractivity contribution in [1.29, 1.82) is 0 Å². The summed E-state index contributed by atoms with van der Waals surface area (Å²) in [6, 6.07) is 7.41. The molecule has 2 heterocycles. The van der Waals surface area contributed by atoms with Crippen LogP contribution >= 0.6 is 22.9 Å². The van der Waals surface area contributed by atoms with Crippen molar-refractivity contribution < 1.29 is 9.53 Å². The predicted octanol–water partition coefficient (Wildman–Crippen LogP) is 3.61. The van der Waals surface area contributed by atoms with Crippen LogP contribution in [-0.2, 0) is 11.3 Å². The second-order valence-electron chi connectivity index (χ2n) is 4.19. The van der Waals surface area contributed by atoms with Gasteiger partial charge in [-0.2, -0.15) is 0 Å². The summed E-state index contributed by atoms with van der Waals surface area (Å²) >= 11 is 7.46. The van der Waals surface area contributed by atoms with Gasteiger partial charge in [-0.15, -0.1) is 11.3 Å². The molecule has 0 aliphatic heterocycles. The summed E-state index contributed by atoms with van der Waals surface area (Å²) in [5.41, 5.74) is 0.461. The monoisotopic (exact) mass is 310 g/mol. The van der Waals surface area contributed by atoms with Gasteiger partial charge >= 0.3 is 5.97 Å². The molecule has 0 unspecified atom stereocenters. The SMILES string of the molecule is CCOC(=O)c1ccc(N(C)Cc2ccc(Cl)s2)nc1. The van der Waals surface area contributed by atoms with Crippen LogP contribution in [0.1, 0.15) is 22.2 Å². The number of aromatic nitrogens is 1. The summed E-state index contributed by atoms with van der Waals surface area (Å²) < 4.78 is 5.70. The lowest BCUT2D eigenvalue weighted by molar-refractivity contribution is 0.0526. The van der Waals surface area contributed by atoms with Crippen molar-refractivity contribution in [2.45, 2.75) is 13.5 Å². The first-order valence-corrected chi connectivity index (χ1v) is 7.38. The van der Waals surface area contributed by atoms with Crippen molar-refractivity contribution in [2.24, 2.45) is 0 Å². The van der Waals surface area contributed by atoms with E-state index in [1.54, 1.807) is 24.3 Å². The summed E-state index contributed by atoms with van der Waals surface area (Å²) in [6.45, 7) is 2.86. The number of hydrogen-bond donors (Lipinski definition) is 0. The Balaban J connectivity index is 2.03. The van der Waals surface area contributed by atoms with Gasteiger partial charge in [0.2, 0.25) is 0 Å². The molecule has 0 N–H and O–H groups in total. The third-order valence-electron chi connectivity index (χ3n) is 2.67. The van der Waals surface area contributed by atoms with Gasteiger partial charge in [-0.3, -0.25) is 0 Å². The van der Waals surface area contributed by atoms with Crippen LogP contribution in [0.15, 0.2) is 30.5 Å². The van der Waals surface area contributed by atoms with Gasteiger partial charge in [0, 0.05) is 18.1 Å². The maximum Gasteiger partial charge on any atom is 0.339 e. The molecular weight excluding hydrogens is 296 g/mol. The maximum absolute atomic E-state index is 11.5. The van der Waals surface area contributed by atoms with Crippen LogP contribution in [0.25, 0.3) is 0 Å². The van der Waals surface area contributed by atoms with E-state index < -0.39 is 0 Å². The van der Waals surface area contributed by atoms with E-state index in [1.165, 1.54) is 6.20 Å². The van der Waals surface area contributed by atoms with E-state index in [9.17, 15) is 4.79 Å². The van der Waals surface area contributed by atoms with E-state index in [1.807, 2.05) is 30.1 Å². The van der Waals surface area contributed by atoms with E-state index in [2.05, 4.69) is 4.98 Å². The van der Waals surface area contributed by atoms with E-state index in [4.69, 9.17) is 16.3 Å². The average Bonchev–Trinajstić information content (AvgIpc) is 2.84. The fraction of sp³-hybridized carbons (Fsp3) is 0.286. The lowest BCUT2D eigenvalue weighted by atomic mass is 10.3. The summed E-state index contributed by atoms with van der Waals surface area (Å²) in [4.78, 5) is 19.0. The first kappa shape index (κ1) is 14.8. The highest BCUT2D eigenvalue weighted by Crippen LogP contribution is 2.23. The fourth-order valence-corrected chi connectivity index (χ4v) is 2.84. The fourth-order valence-electron chi connectivity index (χ4n) is 1.70. The molecule has 0 spiro atoms. The number of nitrogens with zero attached hydrogens (tertiary/aromatic N) is 2. The Morgan fingerprint density at radius 2 is 2.20 bits per heavy atom. The molecule has 0 radical (unpaired) electrons. The highest BCUT2D eigenvalue weighted by atomic mass is 35.5. The Morgan fingerprint density at radius 1 is 1.40 bits per heavy atom. The molecule has 2 aromatic rings. The van der Waals surface area contributed by atoms with Gasteiger partial charge in [0.25, 0.3) is 0 Å². The first-order chi connectivity index (χ1) is 9.60. The molecule has 0 saturated heterocycles. The number of carbonyl (C=O) groups is 1. The number of pyridine rings is 1. The number of carbonyl (C=O) groups excluding carboxylic acids is 1. The number of thiophene rings is 1. The molecule has 0 bridgehead atoms. The van der Waals surface area contributed by atoms with Crippen molar-refractivity contribution in [3.05, 3.63) is 45.2 Å². The minimum Gasteiger partial charge on any atom is -0.462 e. The molecule has 6 heteroatoms. The van der Waals surface area contributed by atoms with Crippen molar-refractivity contribution in [3.8, 4) is 0 Å². The van der Waals surface area contributed by atoms with E-state index in [0.29, 0.717) is 12.2 Å². The smallest absolute Gasteiger partial charge is 0.339 e. The summed E-state index contributed by atoms with van der Waals surface area (Å²) in [5, 5.41) is 0. The molecule has 20 heavy (non-hydrogen) atoms. The quantitative estimate of drug-likeness (QED) is 0.791. The predicted molar refractivity (Wildman–Crippen MR) is 81.6 cm³/mol. The van der Waals surface area contributed by atoms with Crippen molar-refractivity contribution >= 4 is 34.7 Å². The normalized spacial score (nSPS) is 10.3. The Morgan fingerprint density at radius 3 is 2.75 bits per heavy atom. The molecule has 0 atom stereocenters. The molecule has 0 aliphatic carbocycles. The standard InChI is InChI=1S/C14H15ClN2O2S/c1-3-19-14(18)10-4-7-13(16-8-10)17(2)9-11-5-6-12(15)20-11/h4-8H,3,9H2,1-2H3. The number of esters is 1. The summed E-state index contributed by atoms with van der Waals surface area (Å²) in [6.07, 6.45) is 1.53. The average molecular weight is 311 g/mol. The van der Waals surface area contributed by atoms with Crippen molar-refractivity contribution in [2.75, 3.05) is 18.6 Å². The zero-order valence-corrected chi connectivity index (χ0v) is 12.9. The van der Waals surface area contributed by atoms with Crippen LogP contribution in [0.3, 0.4) is 0 Å². The zero-order valence-electron chi connectivity index (χ0n) is 11.3. The highest BCUT2D eigenvalue weighted by Gasteiger charge is 2.09. The molecule has 4 nitrogen and oxygen atoms in total. The van der Waals surface area contributed by atoms with Gasteiger partial charge in [-0.25, -0.2) is 9.78 Å². The van der Waals surface area contributed by atoms with Crippen LogP contribution in [0.4, 0.5) is 5.82 Å². The van der Waals surface area contributed by atoms with Crippen LogP contribution in [0, 0.1) is 0 Å². The van der Waals surface area contributed by atoms with Gasteiger partial charge in [0.05, 0.1) is 23.1 Å². The van der Waals surface area contributed by atoms with Gasteiger partial charge in [-0.05, 0) is 31.2 Å². The van der Waals surface area contributed by atoms with Crippen molar-refractivity contribution in [1.82, 2.24) is 4.98 Å². The zero-order chi connectivity index (χ0) is 14.5. The second-order valence-corrected chi connectivity index (χ2v) is 5.99. The molecule has 0 aliphatic rings. The van der Waals surface area contributed by atoms with E-state index in [0.717, 1.165) is 21.6 Å². The molecule has 2 aromatic heterocycles. The topological polar surface area (TPSA) is 42.4 Å². The summed E-state index contributed by atoms with van der Waals surface area (Å²) in [7, 11) is 1.94. The van der Waals surface area contributed by atoms with Crippen LogP contribution < -0.4 is 4.90 Å². The van der Waals surface area contributed by atoms with E-state index in [-0.39, 0.29) is 5.97 Å². The number of anilines is 1. The highest BCUT2D eigenvalue weighted by molar-refractivity contribution is 7.16. The van der Waals surface area contributed by atoms with Crippen LogP contribution in [0.5, 0.6) is 0 Å². The van der Waals surface area contributed by atoms with Crippen LogP contribution in [-0.4, -0.2) is 24.6 Å². The first-order valence-electron chi connectivity index (χ1n) is 6.18. The summed E-state index contributed by atoms with van der Waals surface area (Å²) in [5.74, 6) is 0.446. The molecule has 0 saturated carbocycles. The number of hydrogen-bond acceptors (Lipinski definition) is 5. The minimum atomic E-state index is -0.348. The second kappa shape index (κ2) is 6.72. The largest absolute Gasteiger partial charge is 0.462 e. The van der Waals surface area contributed by atoms with Crippen molar-refractivity contribution in [3.63, 3.8) is 0 Å². The van der Waals surface area contributed by atoms with Gasteiger partial charge in [-0.1, -0.05) is 11.6 Å². The third kappa shape index (κ3) is 3.71. The van der Waals surface area contributed by atoms with Gasteiger partial charge < -0.3 is 9.64 Å². The minimum absolute atomic E-state index is 0.348. The van der Waals surface area contributed by atoms with Gasteiger partial charge in [0.15, 0.2) is 0 Å². The molecular formula is C14H15ClN2O2S. The Bertz CT molecular complexity index is 583. The van der Waals surface area contributed by atoms with Crippen LogP contribution in [0.2, 0.25) is 4.34 Å². The Hall–Kier alpha value is -1.59. The lowest BCUT2D eigenvalue weighted by Crippen LogP contribution is -2.17. The molecule has 0 fully saturated rings. The third-order valence-corrected chi connectivity index (χ3v) is 3.89. The van der Waals surface area contributed by atoms with Gasteiger partial charge in [0.1, 0.15) is 5.82 Å². The lowest BCUT2D eigenvalue weighted by Gasteiger charge is -2.17. The number of halogens is 1. The molecule has 0 aromatic carbocycles. The molecule has 0 amide bonds. The number of ether oxygens (including phenoxy) is 1.